The summed E-state index contributed by atoms with van der Waals surface area (Å²) in [6, 6.07) is 22.0. The molecule has 0 amide bonds. The van der Waals surface area contributed by atoms with Crippen LogP contribution in [0.1, 0.15) is 20.8 Å². The zero-order valence-corrected chi connectivity index (χ0v) is 12.2. The van der Waals surface area contributed by atoms with Crippen molar-refractivity contribution in [3.05, 3.63) is 82.7 Å². The van der Waals surface area contributed by atoms with Gasteiger partial charge in [-0.05, 0) is 41.8 Å². The summed E-state index contributed by atoms with van der Waals surface area (Å²) in [6.07, 6.45) is 1.75. The van der Waals surface area contributed by atoms with E-state index < -0.39 is 0 Å². The van der Waals surface area contributed by atoms with Gasteiger partial charge in [-0.25, -0.2) is 0 Å². The number of hydrogen-bond acceptors (Lipinski definition) is 3. The number of hydrogen-bond donors (Lipinski definition) is 0. The second kappa shape index (κ2) is 6.37. The van der Waals surface area contributed by atoms with Crippen molar-refractivity contribution in [1.82, 2.24) is 0 Å². The number of carbonyl (C=O) groups is 1. The molecule has 21 heavy (non-hydrogen) atoms. The predicted molar refractivity (Wildman–Crippen MR) is 85.5 cm³/mol. The maximum Gasteiger partial charge on any atom is 0.181 e. The Morgan fingerprint density at radius 2 is 1.57 bits per heavy atom. The molecule has 3 heteroatoms. The Labute approximate surface area is 127 Å². The summed E-state index contributed by atoms with van der Waals surface area (Å²) >= 11 is 1.34. The lowest BCUT2D eigenvalue weighted by Crippen LogP contribution is -1.88. The van der Waals surface area contributed by atoms with Gasteiger partial charge in [-0.2, -0.15) is 0 Å². The van der Waals surface area contributed by atoms with Crippen LogP contribution in [-0.2, 0) is 6.42 Å². The summed E-state index contributed by atoms with van der Waals surface area (Å²) in [5.41, 5.74) is 2.54. The van der Waals surface area contributed by atoms with Crippen molar-refractivity contribution < 1.29 is 9.53 Å². The topological polar surface area (TPSA) is 26.3 Å². The normalized spacial score (nSPS) is 10.3. The van der Waals surface area contributed by atoms with E-state index in [1.54, 1.807) is 6.07 Å². The van der Waals surface area contributed by atoms with Gasteiger partial charge in [0.15, 0.2) is 11.3 Å². The van der Waals surface area contributed by atoms with Gasteiger partial charge in [-0.3, -0.25) is 4.79 Å². The first-order valence-electron chi connectivity index (χ1n) is 6.69. The highest BCUT2D eigenvalue weighted by Crippen LogP contribution is 2.28. The van der Waals surface area contributed by atoms with Crippen LogP contribution in [0, 0.1) is 0 Å². The largest absolute Gasteiger partial charge is 0.447 e. The molecule has 0 radical (unpaired) electrons. The van der Waals surface area contributed by atoms with Gasteiger partial charge in [-0.1, -0.05) is 53.8 Å². The van der Waals surface area contributed by atoms with E-state index in [0.717, 1.165) is 23.5 Å². The first-order chi connectivity index (χ1) is 10.3. The Kier molecular flexibility index (Phi) is 4.12. The van der Waals surface area contributed by atoms with E-state index in [9.17, 15) is 4.79 Å². The number of rotatable bonds is 5. The average Bonchev–Trinajstić information content (AvgIpc) is 2.98. The van der Waals surface area contributed by atoms with E-state index in [1.807, 2.05) is 36.4 Å². The van der Waals surface area contributed by atoms with Crippen molar-refractivity contribution in [3.63, 3.8) is 0 Å². The molecular weight excluding hydrogens is 280 g/mol. The Bertz CT molecular complexity index is 714. The van der Waals surface area contributed by atoms with Crippen LogP contribution in [0.3, 0.4) is 0 Å². The van der Waals surface area contributed by atoms with E-state index in [2.05, 4.69) is 24.3 Å². The van der Waals surface area contributed by atoms with Crippen molar-refractivity contribution in [2.75, 3.05) is 0 Å². The molecular formula is C18H14O2S. The van der Waals surface area contributed by atoms with Crippen molar-refractivity contribution in [2.45, 2.75) is 6.42 Å². The average molecular weight is 294 g/mol. The van der Waals surface area contributed by atoms with Crippen LogP contribution in [0.15, 0.2) is 66.7 Å². The number of ether oxygens (including phenoxy) is 1. The van der Waals surface area contributed by atoms with E-state index in [-0.39, 0.29) is 0 Å². The van der Waals surface area contributed by atoms with Gasteiger partial charge in [0.2, 0.25) is 0 Å². The van der Waals surface area contributed by atoms with E-state index in [0.29, 0.717) is 4.88 Å². The van der Waals surface area contributed by atoms with Gasteiger partial charge >= 0.3 is 0 Å². The smallest absolute Gasteiger partial charge is 0.181 e. The molecule has 104 valence electrons. The fraction of sp³-hybridized carbons (Fsp3) is 0.0556. The lowest BCUT2D eigenvalue weighted by atomic mass is 10.1. The third-order valence-corrected chi connectivity index (χ3v) is 4.00. The third kappa shape index (κ3) is 3.58. The highest BCUT2D eigenvalue weighted by atomic mass is 32.1. The molecule has 0 fully saturated rings. The summed E-state index contributed by atoms with van der Waals surface area (Å²) in [5, 5.41) is 0.730. The highest BCUT2D eigenvalue weighted by Gasteiger charge is 2.02. The second-order valence-corrected chi connectivity index (χ2v) is 5.76. The molecule has 0 saturated heterocycles. The van der Waals surface area contributed by atoms with Gasteiger partial charge < -0.3 is 4.74 Å². The van der Waals surface area contributed by atoms with Crippen LogP contribution in [0.5, 0.6) is 10.8 Å². The lowest BCUT2D eigenvalue weighted by molar-refractivity contribution is 0.112. The number of carbonyl (C=O) groups excluding carboxylic acids is 1. The van der Waals surface area contributed by atoms with Crippen molar-refractivity contribution in [3.8, 4) is 10.8 Å². The molecule has 0 saturated carbocycles. The number of thiophene rings is 1. The first-order valence-corrected chi connectivity index (χ1v) is 7.51. The van der Waals surface area contributed by atoms with Gasteiger partial charge in [0.05, 0.1) is 4.88 Å². The molecule has 1 heterocycles. The molecule has 2 aromatic carbocycles. The zero-order chi connectivity index (χ0) is 14.5. The molecule has 0 atom stereocenters. The van der Waals surface area contributed by atoms with Gasteiger partial charge in [0.25, 0.3) is 0 Å². The Hall–Kier alpha value is -2.39. The molecule has 0 aliphatic carbocycles. The highest BCUT2D eigenvalue weighted by molar-refractivity contribution is 7.15. The fourth-order valence-corrected chi connectivity index (χ4v) is 2.77. The summed E-state index contributed by atoms with van der Waals surface area (Å²) in [5.74, 6) is 0.783. The maximum absolute atomic E-state index is 10.6. The van der Waals surface area contributed by atoms with Crippen molar-refractivity contribution in [1.29, 1.82) is 0 Å². The Balaban J connectivity index is 1.67. The van der Waals surface area contributed by atoms with E-state index >= 15 is 0 Å². The fourth-order valence-electron chi connectivity index (χ4n) is 2.08. The molecule has 3 aromatic rings. The minimum absolute atomic E-state index is 0.672. The summed E-state index contributed by atoms with van der Waals surface area (Å²) in [6.45, 7) is 0. The molecule has 0 spiro atoms. The summed E-state index contributed by atoms with van der Waals surface area (Å²) in [7, 11) is 0. The molecule has 2 nitrogen and oxygen atoms in total. The lowest BCUT2D eigenvalue weighted by Gasteiger charge is -2.05. The predicted octanol–water partition coefficient (Wildman–Crippen LogP) is 4.94. The minimum Gasteiger partial charge on any atom is -0.447 e. The number of benzene rings is 2. The van der Waals surface area contributed by atoms with E-state index in [4.69, 9.17) is 4.74 Å². The van der Waals surface area contributed by atoms with Gasteiger partial charge in [-0.15, -0.1) is 0 Å². The first kappa shape index (κ1) is 13.6. The van der Waals surface area contributed by atoms with Crippen LogP contribution in [0.25, 0.3) is 0 Å². The molecule has 0 N–H and O–H groups in total. The molecule has 0 aliphatic rings. The van der Waals surface area contributed by atoms with Crippen LogP contribution in [0.4, 0.5) is 0 Å². The second-order valence-electron chi connectivity index (χ2n) is 4.68. The van der Waals surface area contributed by atoms with Crippen LogP contribution in [-0.4, -0.2) is 6.29 Å². The molecule has 0 bridgehead atoms. The summed E-state index contributed by atoms with van der Waals surface area (Å²) in [4.78, 5) is 11.3. The summed E-state index contributed by atoms with van der Waals surface area (Å²) < 4.78 is 5.73. The molecule has 3 rings (SSSR count). The van der Waals surface area contributed by atoms with Crippen molar-refractivity contribution in [2.24, 2.45) is 0 Å². The van der Waals surface area contributed by atoms with Crippen molar-refractivity contribution >= 4 is 17.6 Å². The van der Waals surface area contributed by atoms with E-state index in [1.165, 1.54) is 22.5 Å². The maximum atomic E-state index is 10.6. The van der Waals surface area contributed by atoms with Crippen LogP contribution < -0.4 is 4.74 Å². The monoisotopic (exact) mass is 294 g/mol. The Morgan fingerprint density at radius 1 is 0.857 bits per heavy atom. The van der Waals surface area contributed by atoms with Gasteiger partial charge in [0.1, 0.15) is 5.75 Å². The quantitative estimate of drug-likeness (QED) is 0.623. The number of aldehydes is 1. The Morgan fingerprint density at radius 3 is 2.24 bits per heavy atom. The molecule has 1 aromatic heterocycles. The minimum atomic E-state index is 0.672. The molecule has 0 aliphatic heterocycles. The third-order valence-electron chi connectivity index (χ3n) is 3.11. The van der Waals surface area contributed by atoms with Crippen LogP contribution >= 0.6 is 11.3 Å². The van der Waals surface area contributed by atoms with Gasteiger partial charge in [0, 0.05) is 0 Å². The molecule has 0 unspecified atom stereocenters. The zero-order valence-electron chi connectivity index (χ0n) is 11.4. The standard InChI is InChI=1S/C18H14O2S/c19-13-17-10-11-18(21-17)20-16-8-6-15(7-9-16)12-14-4-2-1-3-5-14/h1-11,13H,12H2. The SMILES string of the molecule is O=Cc1ccc(Oc2ccc(Cc3ccccc3)cc2)s1. The van der Waals surface area contributed by atoms with Crippen LogP contribution in [0.2, 0.25) is 0 Å².